The summed E-state index contributed by atoms with van der Waals surface area (Å²) in [5.74, 6) is -0.0337. The molecule has 0 atom stereocenters. The Morgan fingerprint density at radius 3 is 2.24 bits per heavy atom. The molecule has 0 aromatic rings. The van der Waals surface area contributed by atoms with E-state index in [0.29, 0.717) is 13.0 Å². The molecule has 0 aromatic carbocycles. The predicted octanol–water partition coefficient (Wildman–Crippen LogP) is 3.23. The van der Waals surface area contributed by atoms with Gasteiger partial charge in [0.15, 0.2) is 0 Å². The van der Waals surface area contributed by atoms with Gasteiger partial charge in [-0.1, -0.05) is 46.5 Å². The molecule has 0 radical (unpaired) electrons. The Morgan fingerprint density at radius 1 is 1.00 bits per heavy atom. The largest absolute Gasteiger partial charge is 0.464 e. The van der Waals surface area contributed by atoms with E-state index in [1.165, 1.54) is 19.3 Å². The van der Waals surface area contributed by atoms with Gasteiger partial charge in [0.25, 0.3) is 0 Å². The lowest BCUT2D eigenvalue weighted by molar-refractivity contribution is -0.144. The summed E-state index contributed by atoms with van der Waals surface area (Å²) in [6, 6.07) is 0. The van der Waals surface area contributed by atoms with E-state index in [0.717, 1.165) is 32.5 Å². The van der Waals surface area contributed by atoms with Gasteiger partial charge in [-0.25, -0.2) is 0 Å². The van der Waals surface area contributed by atoms with Crippen molar-refractivity contribution in [3.63, 3.8) is 0 Å². The third kappa shape index (κ3) is 10.3. The number of hydrogen-bond acceptors (Lipinski definition) is 3. The Bertz CT molecular complexity index is 179. The second-order valence-corrected chi connectivity index (χ2v) is 4.41. The lowest BCUT2D eigenvalue weighted by Crippen LogP contribution is -2.27. The number of carbonyl (C=O) groups is 1. The maximum absolute atomic E-state index is 11.4. The molecule has 0 aliphatic heterocycles. The average Bonchev–Trinajstić information content (AvgIpc) is 2.34. The molecule has 102 valence electrons. The summed E-state index contributed by atoms with van der Waals surface area (Å²) in [5, 5.41) is 0. The Kier molecular flexibility index (Phi) is 11.5. The van der Waals surface area contributed by atoms with Crippen molar-refractivity contribution < 1.29 is 9.53 Å². The molecule has 17 heavy (non-hydrogen) atoms. The molecule has 3 heteroatoms. The molecule has 0 aliphatic carbocycles. The predicted molar refractivity (Wildman–Crippen MR) is 72.1 cm³/mol. The molecule has 0 bridgehead atoms. The molecule has 0 rings (SSSR count). The number of hydrogen-bond donors (Lipinski definition) is 0. The monoisotopic (exact) mass is 243 g/mol. The van der Waals surface area contributed by atoms with Crippen molar-refractivity contribution in [1.29, 1.82) is 0 Å². The topological polar surface area (TPSA) is 29.5 Å². The lowest BCUT2D eigenvalue weighted by atomic mass is 10.1. The second-order valence-electron chi connectivity index (χ2n) is 4.41. The summed E-state index contributed by atoms with van der Waals surface area (Å²) in [6.45, 7) is 9.87. The van der Waals surface area contributed by atoms with Crippen LogP contribution >= 0.6 is 0 Å². The van der Waals surface area contributed by atoms with Crippen LogP contribution in [0.3, 0.4) is 0 Å². The molecule has 3 nitrogen and oxygen atoms in total. The highest BCUT2D eigenvalue weighted by Gasteiger charge is 2.04. The molecule has 0 heterocycles. The first-order valence-corrected chi connectivity index (χ1v) is 7.12. The number of nitrogens with zero attached hydrogens (tertiary/aromatic N) is 1. The van der Waals surface area contributed by atoms with E-state index in [1.54, 1.807) is 0 Å². The van der Waals surface area contributed by atoms with Crippen LogP contribution in [0.4, 0.5) is 0 Å². The molecule has 0 aromatic heterocycles. The van der Waals surface area contributed by atoms with E-state index < -0.39 is 0 Å². The van der Waals surface area contributed by atoms with Gasteiger partial charge >= 0.3 is 5.97 Å². The van der Waals surface area contributed by atoms with E-state index in [1.807, 2.05) is 0 Å². The number of rotatable bonds is 11. The fourth-order valence-corrected chi connectivity index (χ4v) is 1.77. The maximum atomic E-state index is 11.4. The minimum Gasteiger partial charge on any atom is -0.464 e. The smallest absolute Gasteiger partial charge is 0.305 e. The first-order valence-electron chi connectivity index (χ1n) is 7.12. The zero-order valence-electron chi connectivity index (χ0n) is 11.8. The summed E-state index contributed by atoms with van der Waals surface area (Å²) in [6.07, 6.45) is 6.47. The third-order valence-corrected chi connectivity index (χ3v) is 3.05. The van der Waals surface area contributed by atoms with Gasteiger partial charge in [-0.2, -0.15) is 0 Å². The van der Waals surface area contributed by atoms with Crippen LogP contribution in [0.2, 0.25) is 0 Å². The summed E-state index contributed by atoms with van der Waals surface area (Å²) >= 11 is 0. The van der Waals surface area contributed by atoms with Crippen molar-refractivity contribution in [3.8, 4) is 0 Å². The van der Waals surface area contributed by atoms with Crippen LogP contribution in [0.15, 0.2) is 0 Å². The second kappa shape index (κ2) is 11.9. The van der Waals surface area contributed by atoms with E-state index in [9.17, 15) is 4.79 Å². The maximum Gasteiger partial charge on any atom is 0.305 e. The average molecular weight is 243 g/mol. The first-order chi connectivity index (χ1) is 8.24. The number of carbonyl (C=O) groups excluding carboxylic acids is 1. The van der Waals surface area contributed by atoms with Gasteiger partial charge in [-0.15, -0.1) is 0 Å². The van der Waals surface area contributed by atoms with E-state index in [-0.39, 0.29) is 5.97 Å². The van der Waals surface area contributed by atoms with Crippen LogP contribution in [0.1, 0.15) is 59.3 Å². The van der Waals surface area contributed by atoms with Crippen LogP contribution in [0, 0.1) is 0 Å². The fraction of sp³-hybridized carbons (Fsp3) is 0.929. The first kappa shape index (κ1) is 16.4. The van der Waals surface area contributed by atoms with E-state index >= 15 is 0 Å². The van der Waals surface area contributed by atoms with Crippen LogP contribution in [0.5, 0.6) is 0 Å². The van der Waals surface area contributed by atoms with Gasteiger partial charge in [0, 0.05) is 13.0 Å². The van der Waals surface area contributed by atoms with E-state index in [4.69, 9.17) is 4.74 Å². The molecular weight excluding hydrogens is 214 g/mol. The zero-order chi connectivity index (χ0) is 12.9. The van der Waals surface area contributed by atoms with E-state index in [2.05, 4.69) is 25.7 Å². The Morgan fingerprint density at radius 2 is 1.65 bits per heavy atom. The van der Waals surface area contributed by atoms with Gasteiger partial charge in [0.05, 0.1) is 0 Å². The third-order valence-electron chi connectivity index (χ3n) is 3.05. The van der Waals surface area contributed by atoms with Crippen molar-refractivity contribution in [2.75, 3.05) is 26.2 Å². The quantitative estimate of drug-likeness (QED) is 0.412. The van der Waals surface area contributed by atoms with Crippen molar-refractivity contribution in [1.82, 2.24) is 4.90 Å². The standard InChI is InChI=1S/C14H29NO2/c1-4-7-8-9-10-11-14(16)17-13-12-15(5-2)6-3/h4-13H2,1-3H3. The van der Waals surface area contributed by atoms with Crippen LogP contribution in [-0.4, -0.2) is 37.1 Å². The van der Waals surface area contributed by atoms with Gasteiger partial charge in [-0.3, -0.25) is 4.79 Å². The summed E-state index contributed by atoms with van der Waals surface area (Å²) < 4.78 is 5.20. The van der Waals surface area contributed by atoms with Crippen molar-refractivity contribution in [3.05, 3.63) is 0 Å². The highest BCUT2D eigenvalue weighted by atomic mass is 16.5. The lowest BCUT2D eigenvalue weighted by Gasteiger charge is -2.17. The number of unbranched alkanes of at least 4 members (excludes halogenated alkanes) is 4. The number of esters is 1. The SMILES string of the molecule is CCCCCCCC(=O)OCCN(CC)CC. The Labute approximate surface area is 107 Å². The minimum absolute atomic E-state index is 0.0337. The molecule has 0 N–H and O–H groups in total. The molecule has 0 saturated carbocycles. The number of likely N-dealkylation sites (N-methyl/N-ethyl adjacent to an activating group) is 1. The Hall–Kier alpha value is -0.570. The molecular formula is C14H29NO2. The van der Waals surface area contributed by atoms with Gasteiger partial charge in [0.2, 0.25) is 0 Å². The highest BCUT2D eigenvalue weighted by Crippen LogP contribution is 2.05. The molecule has 0 unspecified atom stereocenters. The van der Waals surface area contributed by atoms with Crippen LogP contribution < -0.4 is 0 Å². The number of ether oxygens (including phenoxy) is 1. The summed E-state index contributed by atoms with van der Waals surface area (Å²) in [4.78, 5) is 13.7. The van der Waals surface area contributed by atoms with Gasteiger partial charge < -0.3 is 9.64 Å². The highest BCUT2D eigenvalue weighted by molar-refractivity contribution is 5.69. The molecule has 0 aliphatic rings. The van der Waals surface area contributed by atoms with Crippen molar-refractivity contribution in [2.24, 2.45) is 0 Å². The van der Waals surface area contributed by atoms with Gasteiger partial charge in [-0.05, 0) is 19.5 Å². The van der Waals surface area contributed by atoms with Crippen molar-refractivity contribution >= 4 is 5.97 Å². The van der Waals surface area contributed by atoms with Crippen molar-refractivity contribution in [2.45, 2.75) is 59.3 Å². The van der Waals surface area contributed by atoms with Gasteiger partial charge in [0.1, 0.15) is 6.61 Å². The molecule has 0 amide bonds. The van der Waals surface area contributed by atoms with Crippen LogP contribution in [0.25, 0.3) is 0 Å². The Balaban J connectivity index is 3.34. The van der Waals surface area contributed by atoms with Crippen LogP contribution in [-0.2, 0) is 9.53 Å². The molecule has 0 spiro atoms. The zero-order valence-corrected chi connectivity index (χ0v) is 11.8. The minimum atomic E-state index is -0.0337. The summed E-state index contributed by atoms with van der Waals surface area (Å²) in [5.41, 5.74) is 0. The summed E-state index contributed by atoms with van der Waals surface area (Å²) in [7, 11) is 0. The molecule has 0 saturated heterocycles. The normalized spacial score (nSPS) is 10.8. The fourth-order valence-electron chi connectivity index (χ4n) is 1.77. The molecule has 0 fully saturated rings.